The molecule has 1 fully saturated rings. The first-order chi connectivity index (χ1) is 7.34. The Balaban J connectivity index is 2.50. The van der Waals surface area contributed by atoms with Crippen molar-refractivity contribution in [3.8, 4) is 0 Å². The van der Waals surface area contributed by atoms with Crippen LogP contribution in [-0.2, 0) is 4.79 Å². The van der Waals surface area contributed by atoms with E-state index in [4.69, 9.17) is 11.6 Å². The van der Waals surface area contributed by atoms with Gasteiger partial charge in [0.05, 0.1) is 0 Å². The highest BCUT2D eigenvalue weighted by molar-refractivity contribution is 6.20. The number of hydrogen-bond donors (Lipinski definition) is 0. The smallest absolute Gasteiger partial charge is 0.225 e. The summed E-state index contributed by atoms with van der Waals surface area (Å²) in [5, 5.41) is 0.145. The Morgan fingerprint density at radius 3 is 2.62 bits per heavy atom. The third kappa shape index (κ3) is 3.38. The largest absolute Gasteiger partial charge is 0.345 e. The second kappa shape index (κ2) is 5.39. The van der Waals surface area contributed by atoms with Crippen LogP contribution in [0.2, 0.25) is 0 Å². The van der Waals surface area contributed by atoms with Crippen molar-refractivity contribution in [1.82, 2.24) is 4.90 Å². The second-order valence-corrected chi connectivity index (χ2v) is 6.51. The van der Waals surface area contributed by atoms with E-state index in [0.29, 0.717) is 5.91 Å². The van der Waals surface area contributed by atoms with Gasteiger partial charge in [0.15, 0.2) is 0 Å². The molecule has 1 aliphatic carbocycles. The standard InChI is InChI=1S/C13H24ClNO/c1-10(14)7-9-15(4)12(16)11-6-5-8-13(11,2)3/h10-11H,5-9H2,1-4H3. The maximum absolute atomic E-state index is 12.3. The van der Waals surface area contributed by atoms with Gasteiger partial charge in [-0.25, -0.2) is 0 Å². The SMILES string of the molecule is CC(Cl)CCN(C)C(=O)C1CCCC1(C)C. The topological polar surface area (TPSA) is 20.3 Å². The molecule has 2 nitrogen and oxygen atoms in total. The molecule has 3 heteroatoms. The predicted octanol–water partition coefficient (Wildman–Crippen LogP) is 3.29. The van der Waals surface area contributed by atoms with Crippen LogP contribution >= 0.6 is 11.6 Å². The lowest BCUT2D eigenvalue weighted by Crippen LogP contribution is -2.38. The summed E-state index contributed by atoms with van der Waals surface area (Å²) in [5.74, 6) is 0.517. The van der Waals surface area contributed by atoms with Gasteiger partial charge < -0.3 is 4.90 Å². The summed E-state index contributed by atoms with van der Waals surface area (Å²) in [5.41, 5.74) is 0.178. The average Bonchev–Trinajstić information content (AvgIpc) is 2.53. The lowest BCUT2D eigenvalue weighted by atomic mass is 9.81. The Labute approximate surface area is 104 Å². The zero-order valence-corrected chi connectivity index (χ0v) is 11.7. The molecule has 2 unspecified atom stereocenters. The van der Waals surface area contributed by atoms with Gasteiger partial charge in [0.1, 0.15) is 0 Å². The average molecular weight is 246 g/mol. The van der Waals surface area contributed by atoms with E-state index < -0.39 is 0 Å². The number of carbonyl (C=O) groups is 1. The molecule has 1 rings (SSSR count). The Morgan fingerprint density at radius 2 is 2.19 bits per heavy atom. The van der Waals surface area contributed by atoms with E-state index in [9.17, 15) is 4.79 Å². The lowest BCUT2D eigenvalue weighted by Gasteiger charge is -2.30. The van der Waals surface area contributed by atoms with E-state index >= 15 is 0 Å². The number of carbonyl (C=O) groups excluding carboxylic acids is 1. The van der Waals surface area contributed by atoms with Crippen molar-refractivity contribution in [3.63, 3.8) is 0 Å². The molecule has 0 aliphatic heterocycles. The number of halogens is 1. The minimum atomic E-state index is 0.145. The molecule has 0 spiro atoms. The second-order valence-electron chi connectivity index (χ2n) is 5.76. The Bertz CT molecular complexity index is 250. The number of hydrogen-bond acceptors (Lipinski definition) is 1. The number of nitrogens with zero attached hydrogens (tertiary/aromatic N) is 1. The highest BCUT2D eigenvalue weighted by Gasteiger charge is 2.40. The van der Waals surface area contributed by atoms with Crippen LogP contribution in [0.3, 0.4) is 0 Å². The summed E-state index contributed by atoms with van der Waals surface area (Å²) in [6.45, 7) is 7.16. The van der Waals surface area contributed by atoms with Crippen molar-refractivity contribution in [1.29, 1.82) is 0 Å². The summed E-state index contributed by atoms with van der Waals surface area (Å²) in [6, 6.07) is 0. The molecular weight excluding hydrogens is 222 g/mol. The van der Waals surface area contributed by atoms with Crippen LogP contribution in [0.15, 0.2) is 0 Å². The first-order valence-electron chi connectivity index (χ1n) is 6.23. The number of amides is 1. The van der Waals surface area contributed by atoms with Gasteiger partial charge in [-0.05, 0) is 31.6 Å². The van der Waals surface area contributed by atoms with Crippen molar-refractivity contribution in [2.75, 3.05) is 13.6 Å². The van der Waals surface area contributed by atoms with E-state index in [-0.39, 0.29) is 16.7 Å². The molecule has 0 radical (unpaired) electrons. The molecule has 0 N–H and O–H groups in total. The lowest BCUT2D eigenvalue weighted by molar-refractivity contribution is -0.137. The van der Waals surface area contributed by atoms with Crippen molar-refractivity contribution >= 4 is 17.5 Å². The molecule has 0 bridgehead atoms. The van der Waals surface area contributed by atoms with Crippen LogP contribution in [0, 0.1) is 11.3 Å². The highest BCUT2D eigenvalue weighted by atomic mass is 35.5. The van der Waals surface area contributed by atoms with Gasteiger partial charge >= 0.3 is 0 Å². The highest BCUT2D eigenvalue weighted by Crippen LogP contribution is 2.43. The molecule has 2 atom stereocenters. The molecule has 0 heterocycles. The van der Waals surface area contributed by atoms with E-state index in [1.807, 2.05) is 18.9 Å². The molecule has 0 aromatic rings. The fourth-order valence-corrected chi connectivity index (χ4v) is 2.63. The van der Waals surface area contributed by atoms with Crippen LogP contribution in [0.25, 0.3) is 0 Å². The maximum Gasteiger partial charge on any atom is 0.225 e. The molecule has 0 aromatic heterocycles. The van der Waals surface area contributed by atoms with Gasteiger partial charge in [-0.2, -0.15) is 0 Å². The summed E-state index contributed by atoms with van der Waals surface area (Å²) in [7, 11) is 1.90. The van der Waals surface area contributed by atoms with Gasteiger partial charge in [0.2, 0.25) is 5.91 Å². The Hall–Kier alpha value is -0.240. The minimum absolute atomic E-state index is 0.145. The summed E-state index contributed by atoms with van der Waals surface area (Å²) < 4.78 is 0. The van der Waals surface area contributed by atoms with Crippen LogP contribution in [-0.4, -0.2) is 29.8 Å². The van der Waals surface area contributed by atoms with Gasteiger partial charge in [0, 0.05) is 24.9 Å². The first-order valence-corrected chi connectivity index (χ1v) is 6.67. The fourth-order valence-electron chi connectivity index (χ4n) is 2.53. The van der Waals surface area contributed by atoms with Crippen molar-refractivity contribution in [2.24, 2.45) is 11.3 Å². The normalized spacial score (nSPS) is 25.4. The number of rotatable bonds is 4. The van der Waals surface area contributed by atoms with Gasteiger partial charge in [-0.3, -0.25) is 4.79 Å². The quantitative estimate of drug-likeness (QED) is 0.696. The summed E-state index contributed by atoms with van der Waals surface area (Å²) >= 11 is 5.90. The molecular formula is C13H24ClNO. The molecule has 94 valence electrons. The van der Waals surface area contributed by atoms with Gasteiger partial charge in [-0.15, -0.1) is 11.6 Å². The zero-order valence-electron chi connectivity index (χ0n) is 10.9. The van der Waals surface area contributed by atoms with Crippen LogP contribution < -0.4 is 0 Å². The van der Waals surface area contributed by atoms with Crippen molar-refractivity contribution in [2.45, 2.75) is 51.8 Å². The van der Waals surface area contributed by atoms with Gasteiger partial charge in [-0.1, -0.05) is 20.3 Å². The molecule has 0 saturated heterocycles. The minimum Gasteiger partial charge on any atom is -0.345 e. The third-order valence-corrected chi connectivity index (χ3v) is 4.01. The maximum atomic E-state index is 12.3. The molecule has 1 aliphatic rings. The number of alkyl halides is 1. The summed E-state index contributed by atoms with van der Waals surface area (Å²) in [4.78, 5) is 14.1. The monoisotopic (exact) mass is 245 g/mol. The Kier molecular flexibility index (Phi) is 4.66. The molecule has 1 saturated carbocycles. The molecule has 16 heavy (non-hydrogen) atoms. The molecule has 1 amide bonds. The van der Waals surface area contributed by atoms with Crippen molar-refractivity contribution in [3.05, 3.63) is 0 Å². The predicted molar refractivity (Wildman–Crippen MR) is 68.7 cm³/mol. The third-order valence-electron chi connectivity index (χ3n) is 3.79. The summed E-state index contributed by atoms with van der Waals surface area (Å²) in [6.07, 6.45) is 4.27. The van der Waals surface area contributed by atoms with Crippen molar-refractivity contribution < 1.29 is 4.79 Å². The van der Waals surface area contributed by atoms with Crippen LogP contribution in [0.4, 0.5) is 0 Å². The first kappa shape index (κ1) is 13.8. The Morgan fingerprint density at radius 1 is 1.56 bits per heavy atom. The fraction of sp³-hybridized carbons (Fsp3) is 0.923. The van der Waals surface area contributed by atoms with Gasteiger partial charge in [0.25, 0.3) is 0 Å². The molecule has 0 aromatic carbocycles. The van der Waals surface area contributed by atoms with Crippen LogP contribution in [0.5, 0.6) is 0 Å². The van der Waals surface area contributed by atoms with E-state index in [0.717, 1.165) is 19.4 Å². The van der Waals surface area contributed by atoms with E-state index in [1.165, 1.54) is 12.8 Å². The zero-order chi connectivity index (χ0) is 12.3. The van der Waals surface area contributed by atoms with E-state index in [2.05, 4.69) is 13.8 Å². The van der Waals surface area contributed by atoms with Crippen LogP contribution in [0.1, 0.15) is 46.5 Å². The van der Waals surface area contributed by atoms with E-state index in [1.54, 1.807) is 0 Å².